The quantitative estimate of drug-likeness (QED) is 0.457. The number of piperidine rings is 1. The molecule has 0 saturated carbocycles. The summed E-state index contributed by atoms with van der Waals surface area (Å²) in [6, 6.07) is 21.3. The van der Waals surface area contributed by atoms with Crippen molar-refractivity contribution in [3.8, 4) is 17.2 Å². The van der Waals surface area contributed by atoms with E-state index in [1.165, 1.54) is 12.1 Å². The van der Waals surface area contributed by atoms with Crippen molar-refractivity contribution in [2.75, 3.05) is 7.11 Å². The summed E-state index contributed by atoms with van der Waals surface area (Å²) in [6.45, 7) is 0. The second-order valence-corrected chi connectivity index (χ2v) is 13.0. The summed E-state index contributed by atoms with van der Waals surface area (Å²) in [7, 11) is -5.73. The molecule has 0 N–H and O–H groups in total. The fourth-order valence-corrected chi connectivity index (χ4v) is 8.93. The summed E-state index contributed by atoms with van der Waals surface area (Å²) in [5, 5.41) is -0.578. The first-order valence-corrected chi connectivity index (χ1v) is 14.5. The van der Waals surface area contributed by atoms with Crippen LogP contribution in [-0.2, 0) is 19.9 Å². The van der Waals surface area contributed by atoms with E-state index < -0.39 is 25.1 Å². The molecule has 2 atom stereocenters. The molecule has 2 heterocycles. The number of sulfonamides is 1. The minimum absolute atomic E-state index is 0.172. The molecule has 35 heavy (non-hydrogen) atoms. The summed E-state index contributed by atoms with van der Waals surface area (Å²) in [4.78, 5) is 0.470. The van der Waals surface area contributed by atoms with Crippen molar-refractivity contribution in [1.82, 2.24) is 4.31 Å². The molecule has 0 radical (unpaired) electrons. The van der Waals surface area contributed by atoms with Gasteiger partial charge in [0.15, 0.2) is 21.3 Å². The third-order valence-electron chi connectivity index (χ3n) is 6.83. The van der Waals surface area contributed by atoms with Gasteiger partial charge in [0.1, 0.15) is 5.75 Å². The minimum atomic E-state index is -3.78. The van der Waals surface area contributed by atoms with Crippen LogP contribution in [0.15, 0.2) is 88.7 Å². The molecule has 0 amide bonds. The number of methoxy groups -OCH3 is 1. The van der Waals surface area contributed by atoms with Gasteiger partial charge >= 0.3 is 0 Å². The van der Waals surface area contributed by atoms with E-state index in [-0.39, 0.29) is 17.0 Å². The summed E-state index contributed by atoms with van der Waals surface area (Å²) >= 11 is 0. The van der Waals surface area contributed by atoms with E-state index in [2.05, 4.69) is 0 Å². The Morgan fingerprint density at radius 3 is 1.89 bits per heavy atom. The van der Waals surface area contributed by atoms with Crippen molar-refractivity contribution in [1.29, 1.82) is 0 Å². The van der Waals surface area contributed by atoms with Gasteiger partial charge in [0.2, 0.25) is 10.0 Å². The van der Waals surface area contributed by atoms with Crippen LogP contribution >= 0.6 is 0 Å². The van der Waals surface area contributed by atoms with Gasteiger partial charge in [0, 0.05) is 12.1 Å². The molecule has 0 aliphatic carbocycles. The lowest BCUT2D eigenvalue weighted by atomic mass is 10.1. The molecule has 0 aromatic heterocycles. The van der Waals surface area contributed by atoms with E-state index >= 15 is 0 Å². The molecule has 9 heteroatoms. The first-order chi connectivity index (χ1) is 16.8. The average molecular weight is 514 g/mol. The Labute approximate surface area is 206 Å². The van der Waals surface area contributed by atoms with Gasteiger partial charge in [0.25, 0.3) is 0 Å². The molecule has 3 aromatic carbocycles. The first kappa shape index (κ1) is 23.8. The highest BCUT2D eigenvalue weighted by Gasteiger charge is 2.50. The number of hydrogen-bond donors (Lipinski definition) is 0. The van der Waals surface area contributed by atoms with Gasteiger partial charge < -0.3 is 9.47 Å². The third-order valence-corrected chi connectivity index (χ3v) is 11.0. The highest BCUT2D eigenvalue weighted by atomic mass is 32.2. The maximum atomic E-state index is 13.6. The van der Waals surface area contributed by atoms with Gasteiger partial charge in [-0.25, -0.2) is 16.8 Å². The van der Waals surface area contributed by atoms with Gasteiger partial charge in [-0.15, -0.1) is 0 Å². The van der Waals surface area contributed by atoms with Gasteiger partial charge in [-0.2, -0.15) is 4.31 Å². The lowest BCUT2D eigenvalue weighted by molar-refractivity contribution is 0.249. The fraction of sp³-hybridized carbons (Fsp3) is 0.308. The summed E-state index contributed by atoms with van der Waals surface area (Å²) < 4.78 is 66.2. The Bertz CT molecular complexity index is 1390. The lowest BCUT2D eigenvalue weighted by Crippen LogP contribution is -2.49. The van der Waals surface area contributed by atoms with E-state index in [4.69, 9.17) is 9.47 Å². The van der Waals surface area contributed by atoms with Crippen molar-refractivity contribution in [3.63, 3.8) is 0 Å². The Kier molecular flexibility index (Phi) is 6.33. The topological polar surface area (TPSA) is 90.0 Å². The molecule has 2 unspecified atom stereocenters. The molecule has 0 spiro atoms. The predicted molar refractivity (Wildman–Crippen MR) is 132 cm³/mol. The van der Waals surface area contributed by atoms with E-state index in [0.29, 0.717) is 47.8 Å². The zero-order valence-electron chi connectivity index (χ0n) is 19.3. The second kappa shape index (κ2) is 9.29. The zero-order valence-corrected chi connectivity index (χ0v) is 20.9. The number of para-hydroxylation sites is 2. The zero-order chi connectivity index (χ0) is 24.6. The smallest absolute Gasteiger partial charge is 0.243 e. The summed E-state index contributed by atoms with van der Waals surface area (Å²) in [5.74, 6) is 1.60. The van der Waals surface area contributed by atoms with Crippen LogP contribution in [0.2, 0.25) is 0 Å². The van der Waals surface area contributed by atoms with Crippen molar-refractivity contribution >= 4 is 19.9 Å². The molecule has 7 nitrogen and oxygen atoms in total. The van der Waals surface area contributed by atoms with Crippen LogP contribution in [0.1, 0.15) is 25.7 Å². The molecule has 184 valence electrons. The fourth-order valence-electron chi connectivity index (χ4n) is 5.16. The summed E-state index contributed by atoms with van der Waals surface area (Å²) in [5.41, 5.74) is 0. The standard InChI is InChI=1S/C26H27NO6S2/c1-32-25-9-5-6-10-26(25)33-21-13-15-23(16-14-21)35(30,31)27-19-11-12-20(27)18-24(17-19)34(28,29)22-7-3-2-4-8-22/h2-10,13-16,19-20,24H,11-12,17-18H2,1H3. The normalized spacial score (nSPS) is 22.6. The maximum absolute atomic E-state index is 13.6. The van der Waals surface area contributed by atoms with E-state index in [1.54, 1.807) is 66.0 Å². The minimum Gasteiger partial charge on any atom is -0.493 e. The molecule has 3 aromatic rings. The molecule has 5 rings (SSSR count). The highest BCUT2D eigenvalue weighted by molar-refractivity contribution is 7.92. The molecule has 2 aliphatic rings. The Morgan fingerprint density at radius 1 is 0.714 bits per heavy atom. The predicted octanol–water partition coefficient (Wildman–Crippen LogP) is 4.65. The molecule has 2 fully saturated rings. The average Bonchev–Trinajstić information content (AvgIpc) is 3.15. The van der Waals surface area contributed by atoms with Crippen molar-refractivity contribution in [2.24, 2.45) is 0 Å². The molecule has 2 aliphatic heterocycles. The summed E-state index contributed by atoms with van der Waals surface area (Å²) in [6.07, 6.45) is 1.95. The Morgan fingerprint density at radius 2 is 1.29 bits per heavy atom. The van der Waals surface area contributed by atoms with Crippen LogP contribution in [0.4, 0.5) is 0 Å². The highest BCUT2D eigenvalue weighted by Crippen LogP contribution is 2.43. The number of rotatable bonds is 7. The molecular weight excluding hydrogens is 486 g/mol. The van der Waals surface area contributed by atoms with E-state index in [9.17, 15) is 16.8 Å². The first-order valence-electron chi connectivity index (χ1n) is 11.5. The largest absolute Gasteiger partial charge is 0.493 e. The monoisotopic (exact) mass is 513 g/mol. The van der Waals surface area contributed by atoms with Crippen LogP contribution < -0.4 is 9.47 Å². The number of ether oxygens (including phenoxy) is 2. The van der Waals surface area contributed by atoms with Gasteiger partial charge in [-0.05, 0) is 74.2 Å². The van der Waals surface area contributed by atoms with Crippen LogP contribution in [-0.4, -0.2) is 45.6 Å². The van der Waals surface area contributed by atoms with Gasteiger partial charge in [-0.3, -0.25) is 0 Å². The van der Waals surface area contributed by atoms with Crippen molar-refractivity contribution in [3.05, 3.63) is 78.9 Å². The van der Waals surface area contributed by atoms with Crippen LogP contribution in [0.25, 0.3) is 0 Å². The van der Waals surface area contributed by atoms with Crippen LogP contribution in [0.3, 0.4) is 0 Å². The molecular formula is C26H27NO6S2. The maximum Gasteiger partial charge on any atom is 0.243 e. The number of hydrogen-bond acceptors (Lipinski definition) is 6. The Balaban J connectivity index is 1.34. The van der Waals surface area contributed by atoms with E-state index in [1.807, 2.05) is 12.1 Å². The molecule has 2 saturated heterocycles. The van der Waals surface area contributed by atoms with E-state index in [0.717, 1.165) is 0 Å². The number of sulfone groups is 1. The van der Waals surface area contributed by atoms with Crippen LogP contribution in [0.5, 0.6) is 17.2 Å². The number of fused-ring (bicyclic) bond motifs is 2. The second-order valence-electron chi connectivity index (χ2n) is 8.90. The van der Waals surface area contributed by atoms with Crippen molar-refractivity contribution in [2.45, 2.75) is 52.8 Å². The van der Waals surface area contributed by atoms with Gasteiger partial charge in [0.05, 0.1) is 22.2 Å². The number of benzene rings is 3. The van der Waals surface area contributed by atoms with Gasteiger partial charge in [-0.1, -0.05) is 30.3 Å². The van der Waals surface area contributed by atoms with Crippen LogP contribution in [0, 0.1) is 0 Å². The van der Waals surface area contributed by atoms with Crippen molar-refractivity contribution < 1.29 is 26.3 Å². The number of nitrogens with zero attached hydrogens (tertiary/aromatic N) is 1. The SMILES string of the molecule is COc1ccccc1Oc1ccc(S(=O)(=O)N2C3CCC2CC(S(=O)(=O)c2ccccc2)C3)cc1. The molecule has 2 bridgehead atoms. The Hall–Kier alpha value is -2.88. The third kappa shape index (κ3) is 4.44. The lowest BCUT2D eigenvalue weighted by Gasteiger charge is -2.37.